The summed E-state index contributed by atoms with van der Waals surface area (Å²) in [6, 6.07) is 6.04. The maximum Gasteiger partial charge on any atom is 0.226 e. The molecule has 0 bridgehead atoms. The Balaban J connectivity index is 2.01. The molecule has 1 heterocycles. The number of aryl methyl sites for hydroxylation is 1. The molecule has 114 valence electrons. The van der Waals surface area contributed by atoms with E-state index in [1.165, 1.54) is 0 Å². The van der Waals surface area contributed by atoms with Gasteiger partial charge in [0.05, 0.1) is 0 Å². The summed E-state index contributed by atoms with van der Waals surface area (Å²) in [7, 11) is 0. The first-order chi connectivity index (χ1) is 10.1. The van der Waals surface area contributed by atoms with E-state index in [2.05, 4.69) is 33.0 Å². The van der Waals surface area contributed by atoms with E-state index in [1.807, 2.05) is 25.1 Å². The third-order valence-corrected chi connectivity index (χ3v) is 3.98. The van der Waals surface area contributed by atoms with Crippen molar-refractivity contribution in [2.24, 2.45) is 5.73 Å². The number of aromatic nitrogens is 2. The first-order valence-electron chi connectivity index (χ1n) is 7.10. The normalized spacial score (nSPS) is 12.4. The lowest BCUT2D eigenvalue weighted by atomic mass is 10.0. The Kier molecular flexibility index (Phi) is 5.76. The van der Waals surface area contributed by atoms with Gasteiger partial charge in [-0.1, -0.05) is 34.9 Å². The highest BCUT2D eigenvalue weighted by Crippen LogP contribution is 2.24. The fourth-order valence-corrected chi connectivity index (χ4v) is 2.27. The lowest BCUT2D eigenvalue weighted by Crippen LogP contribution is -2.21. The Hall–Kier alpha value is -1.40. The second-order valence-electron chi connectivity index (χ2n) is 4.87. The first kappa shape index (κ1) is 16.0. The molecule has 0 radical (unpaired) electrons. The van der Waals surface area contributed by atoms with Gasteiger partial charge in [0.2, 0.25) is 11.7 Å². The monoisotopic (exact) mass is 353 g/mol. The molecule has 0 spiro atoms. The van der Waals surface area contributed by atoms with Crippen LogP contribution in [-0.2, 0) is 19.4 Å². The Morgan fingerprint density at radius 3 is 2.86 bits per heavy atom. The Bertz CT molecular complexity index is 586. The second kappa shape index (κ2) is 7.56. The van der Waals surface area contributed by atoms with Gasteiger partial charge in [-0.2, -0.15) is 4.98 Å². The summed E-state index contributed by atoms with van der Waals surface area (Å²) < 4.78 is 11.8. The van der Waals surface area contributed by atoms with Gasteiger partial charge in [-0.25, -0.2) is 0 Å². The highest BCUT2D eigenvalue weighted by Gasteiger charge is 2.09. The van der Waals surface area contributed by atoms with E-state index in [0.29, 0.717) is 18.3 Å². The molecule has 0 saturated heterocycles. The van der Waals surface area contributed by atoms with Gasteiger partial charge in [0.15, 0.2) is 6.61 Å². The summed E-state index contributed by atoms with van der Waals surface area (Å²) in [5, 5.41) is 3.86. The van der Waals surface area contributed by atoms with Crippen molar-refractivity contribution in [2.45, 2.75) is 45.8 Å². The molecule has 2 rings (SSSR count). The predicted molar refractivity (Wildman–Crippen MR) is 84.1 cm³/mol. The van der Waals surface area contributed by atoms with E-state index in [-0.39, 0.29) is 6.04 Å². The molecule has 1 unspecified atom stereocenters. The zero-order valence-electron chi connectivity index (χ0n) is 12.3. The number of benzene rings is 1. The smallest absolute Gasteiger partial charge is 0.226 e. The third kappa shape index (κ3) is 4.54. The molecule has 1 aromatic carbocycles. The van der Waals surface area contributed by atoms with Gasteiger partial charge in [0.1, 0.15) is 5.75 Å². The standard InChI is InChI=1S/C15H20BrN3O2/c1-3-11(17)7-10-8-12(5-6-13(10)16)20-9-14-18-15(4-2)21-19-14/h5-6,8,11H,3-4,7,9,17H2,1-2H3. The summed E-state index contributed by atoms with van der Waals surface area (Å²) in [6.45, 7) is 4.35. The first-order valence-corrected chi connectivity index (χ1v) is 7.90. The van der Waals surface area contributed by atoms with Crippen LogP contribution in [0.4, 0.5) is 0 Å². The number of hydrogen-bond acceptors (Lipinski definition) is 5. The minimum absolute atomic E-state index is 0.154. The molecule has 0 fully saturated rings. The van der Waals surface area contributed by atoms with Crippen molar-refractivity contribution in [1.29, 1.82) is 0 Å². The largest absolute Gasteiger partial charge is 0.485 e. The number of halogens is 1. The minimum atomic E-state index is 0.154. The topological polar surface area (TPSA) is 74.2 Å². The fourth-order valence-electron chi connectivity index (χ4n) is 1.86. The molecule has 0 aliphatic carbocycles. The van der Waals surface area contributed by atoms with Gasteiger partial charge in [0, 0.05) is 16.9 Å². The number of hydrogen-bond donors (Lipinski definition) is 1. The van der Waals surface area contributed by atoms with Crippen LogP contribution in [0.3, 0.4) is 0 Å². The zero-order chi connectivity index (χ0) is 15.2. The number of rotatable bonds is 7. The van der Waals surface area contributed by atoms with Gasteiger partial charge in [-0.3, -0.25) is 0 Å². The minimum Gasteiger partial charge on any atom is -0.485 e. The average Bonchev–Trinajstić information content (AvgIpc) is 2.96. The molecule has 0 aliphatic rings. The van der Waals surface area contributed by atoms with Crippen LogP contribution in [0.2, 0.25) is 0 Å². The van der Waals surface area contributed by atoms with E-state index in [9.17, 15) is 0 Å². The lowest BCUT2D eigenvalue weighted by Gasteiger charge is -2.12. The molecule has 0 amide bonds. The van der Waals surface area contributed by atoms with Gasteiger partial charge in [0.25, 0.3) is 0 Å². The van der Waals surface area contributed by atoms with Crippen LogP contribution in [0, 0.1) is 0 Å². The number of ether oxygens (including phenoxy) is 1. The van der Waals surface area contributed by atoms with Crippen molar-refractivity contribution in [3.63, 3.8) is 0 Å². The highest BCUT2D eigenvalue weighted by molar-refractivity contribution is 9.10. The molecule has 0 aliphatic heterocycles. The van der Waals surface area contributed by atoms with E-state index >= 15 is 0 Å². The zero-order valence-corrected chi connectivity index (χ0v) is 13.9. The second-order valence-corrected chi connectivity index (χ2v) is 5.73. The van der Waals surface area contributed by atoms with E-state index in [4.69, 9.17) is 15.0 Å². The van der Waals surface area contributed by atoms with Crippen molar-refractivity contribution in [3.05, 3.63) is 40.0 Å². The summed E-state index contributed by atoms with van der Waals surface area (Å²) in [5.41, 5.74) is 7.16. The van der Waals surface area contributed by atoms with Crippen molar-refractivity contribution in [3.8, 4) is 5.75 Å². The molecule has 2 aromatic rings. The summed E-state index contributed by atoms with van der Waals surface area (Å²) >= 11 is 3.55. The molecule has 6 heteroatoms. The number of nitrogens with zero attached hydrogens (tertiary/aromatic N) is 2. The van der Waals surface area contributed by atoms with Crippen LogP contribution >= 0.6 is 15.9 Å². The molecule has 21 heavy (non-hydrogen) atoms. The van der Waals surface area contributed by atoms with Gasteiger partial charge < -0.3 is 15.0 Å². The summed E-state index contributed by atoms with van der Waals surface area (Å²) in [6.07, 6.45) is 2.49. The molecule has 1 atom stereocenters. The van der Waals surface area contributed by atoms with Crippen LogP contribution in [0.15, 0.2) is 27.2 Å². The quantitative estimate of drug-likeness (QED) is 0.826. The molecular weight excluding hydrogens is 334 g/mol. The van der Waals surface area contributed by atoms with E-state index in [1.54, 1.807) is 0 Å². The van der Waals surface area contributed by atoms with Crippen LogP contribution < -0.4 is 10.5 Å². The third-order valence-electron chi connectivity index (χ3n) is 3.20. The molecule has 1 aromatic heterocycles. The van der Waals surface area contributed by atoms with Crippen molar-refractivity contribution < 1.29 is 9.26 Å². The Morgan fingerprint density at radius 2 is 2.19 bits per heavy atom. The van der Waals surface area contributed by atoms with E-state index in [0.717, 1.165) is 35.0 Å². The van der Waals surface area contributed by atoms with Crippen LogP contribution in [-0.4, -0.2) is 16.2 Å². The maximum absolute atomic E-state index is 6.01. The Labute approximate surface area is 133 Å². The summed E-state index contributed by atoms with van der Waals surface area (Å²) in [4.78, 5) is 4.21. The van der Waals surface area contributed by atoms with Crippen molar-refractivity contribution >= 4 is 15.9 Å². The van der Waals surface area contributed by atoms with Gasteiger partial charge >= 0.3 is 0 Å². The molecule has 5 nitrogen and oxygen atoms in total. The van der Waals surface area contributed by atoms with Crippen molar-refractivity contribution in [2.75, 3.05) is 0 Å². The average molecular weight is 354 g/mol. The SMILES string of the molecule is CCc1nc(COc2ccc(Br)c(CC(N)CC)c2)no1. The van der Waals surface area contributed by atoms with Crippen LogP contribution in [0.25, 0.3) is 0 Å². The van der Waals surface area contributed by atoms with Crippen molar-refractivity contribution in [1.82, 2.24) is 10.1 Å². The maximum atomic E-state index is 6.01. The lowest BCUT2D eigenvalue weighted by molar-refractivity contribution is 0.285. The van der Waals surface area contributed by atoms with Crippen LogP contribution in [0.5, 0.6) is 5.75 Å². The predicted octanol–water partition coefficient (Wildman–Crippen LogP) is 3.25. The molecule has 2 N–H and O–H groups in total. The highest BCUT2D eigenvalue weighted by atomic mass is 79.9. The van der Waals surface area contributed by atoms with Crippen LogP contribution in [0.1, 0.15) is 37.5 Å². The number of nitrogens with two attached hydrogens (primary N) is 1. The molecular formula is C15H20BrN3O2. The fraction of sp³-hybridized carbons (Fsp3) is 0.467. The van der Waals surface area contributed by atoms with Gasteiger partial charge in [-0.15, -0.1) is 0 Å². The Morgan fingerprint density at radius 1 is 1.38 bits per heavy atom. The van der Waals surface area contributed by atoms with Gasteiger partial charge in [-0.05, 0) is 36.6 Å². The van der Waals surface area contributed by atoms with E-state index < -0.39 is 0 Å². The summed E-state index contributed by atoms with van der Waals surface area (Å²) in [5.74, 6) is 1.96. The molecule has 0 saturated carbocycles.